The first kappa shape index (κ1) is 11.4. The lowest BCUT2D eigenvalue weighted by molar-refractivity contribution is 0.179. The molecule has 0 bridgehead atoms. The molecule has 1 unspecified atom stereocenters. The molecule has 0 aromatic rings. The Kier molecular flexibility index (Phi) is 3.68. The SMILES string of the molecule is CC1(C)CNCCC1NCC1CCCC1. The molecule has 1 saturated carbocycles. The van der Waals surface area contributed by atoms with Crippen LogP contribution in [0.5, 0.6) is 0 Å². The highest BCUT2D eigenvalue weighted by atomic mass is 15.0. The third-order valence-corrected chi connectivity index (χ3v) is 4.26. The number of hydrogen-bond acceptors (Lipinski definition) is 2. The predicted molar refractivity (Wildman–Crippen MR) is 65.0 cm³/mol. The summed E-state index contributed by atoms with van der Waals surface area (Å²) in [5.74, 6) is 0.968. The Balaban J connectivity index is 1.76. The number of hydrogen-bond donors (Lipinski definition) is 2. The highest BCUT2D eigenvalue weighted by Gasteiger charge is 2.32. The summed E-state index contributed by atoms with van der Waals surface area (Å²) in [6.07, 6.45) is 7.13. The molecule has 1 heterocycles. The van der Waals surface area contributed by atoms with Crippen LogP contribution in [0.2, 0.25) is 0 Å². The number of rotatable bonds is 3. The molecule has 2 aliphatic rings. The Labute approximate surface area is 94.2 Å². The molecular formula is C13H26N2. The van der Waals surface area contributed by atoms with E-state index in [0.29, 0.717) is 5.41 Å². The van der Waals surface area contributed by atoms with Gasteiger partial charge in [0.05, 0.1) is 0 Å². The normalized spacial score (nSPS) is 32.0. The van der Waals surface area contributed by atoms with Crippen LogP contribution in [0.4, 0.5) is 0 Å². The minimum absolute atomic E-state index is 0.427. The van der Waals surface area contributed by atoms with Crippen molar-refractivity contribution >= 4 is 0 Å². The Hall–Kier alpha value is -0.0800. The summed E-state index contributed by atoms with van der Waals surface area (Å²) in [6.45, 7) is 8.37. The molecule has 0 spiro atoms. The van der Waals surface area contributed by atoms with Gasteiger partial charge in [-0.25, -0.2) is 0 Å². The van der Waals surface area contributed by atoms with Gasteiger partial charge in [0.15, 0.2) is 0 Å². The van der Waals surface area contributed by atoms with Gasteiger partial charge in [0.2, 0.25) is 0 Å². The maximum Gasteiger partial charge on any atom is 0.0142 e. The van der Waals surface area contributed by atoms with Gasteiger partial charge in [-0.15, -0.1) is 0 Å². The molecule has 1 aliphatic heterocycles. The van der Waals surface area contributed by atoms with Gasteiger partial charge in [-0.2, -0.15) is 0 Å². The fraction of sp³-hybridized carbons (Fsp3) is 1.00. The van der Waals surface area contributed by atoms with Gasteiger partial charge in [0.1, 0.15) is 0 Å². The zero-order valence-corrected chi connectivity index (χ0v) is 10.3. The van der Waals surface area contributed by atoms with Crippen LogP contribution in [0.15, 0.2) is 0 Å². The van der Waals surface area contributed by atoms with Crippen molar-refractivity contribution in [2.45, 2.75) is 52.0 Å². The maximum absolute atomic E-state index is 3.81. The van der Waals surface area contributed by atoms with E-state index in [1.165, 1.54) is 45.2 Å². The summed E-state index contributed by atoms with van der Waals surface area (Å²) in [5.41, 5.74) is 0.427. The van der Waals surface area contributed by atoms with Crippen molar-refractivity contribution in [3.8, 4) is 0 Å². The summed E-state index contributed by atoms with van der Waals surface area (Å²) in [5, 5.41) is 7.31. The van der Waals surface area contributed by atoms with Crippen molar-refractivity contribution in [1.29, 1.82) is 0 Å². The van der Waals surface area contributed by atoms with Gasteiger partial charge < -0.3 is 10.6 Å². The standard InChI is InChI=1S/C13H26N2/c1-13(2)10-14-8-7-12(13)15-9-11-5-3-4-6-11/h11-12,14-15H,3-10H2,1-2H3. The van der Waals surface area contributed by atoms with E-state index >= 15 is 0 Å². The fourth-order valence-corrected chi connectivity index (χ4v) is 3.07. The van der Waals surface area contributed by atoms with Crippen LogP contribution in [-0.4, -0.2) is 25.7 Å². The number of nitrogens with one attached hydrogen (secondary N) is 2. The molecule has 1 saturated heterocycles. The van der Waals surface area contributed by atoms with Crippen molar-refractivity contribution in [3.63, 3.8) is 0 Å². The average molecular weight is 210 g/mol. The molecular weight excluding hydrogens is 184 g/mol. The predicted octanol–water partition coefficient (Wildman–Crippen LogP) is 2.15. The van der Waals surface area contributed by atoms with Gasteiger partial charge in [-0.1, -0.05) is 26.7 Å². The molecule has 0 aromatic carbocycles. The molecule has 2 heteroatoms. The molecule has 2 fully saturated rings. The summed E-state index contributed by atoms with van der Waals surface area (Å²) in [7, 11) is 0. The topological polar surface area (TPSA) is 24.1 Å². The number of piperidine rings is 1. The second-order valence-corrected chi connectivity index (χ2v) is 6.07. The van der Waals surface area contributed by atoms with Crippen molar-refractivity contribution < 1.29 is 0 Å². The van der Waals surface area contributed by atoms with Crippen LogP contribution in [0, 0.1) is 11.3 Å². The van der Waals surface area contributed by atoms with E-state index in [2.05, 4.69) is 24.5 Å². The Morgan fingerprint density at radius 3 is 2.60 bits per heavy atom. The third-order valence-electron chi connectivity index (χ3n) is 4.26. The van der Waals surface area contributed by atoms with E-state index in [4.69, 9.17) is 0 Å². The Bertz CT molecular complexity index is 195. The van der Waals surface area contributed by atoms with E-state index < -0.39 is 0 Å². The molecule has 1 aliphatic carbocycles. The van der Waals surface area contributed by atoms with E-state index in [-0.39, 0.29) is 0 Å². The molecule has 0 radical (unpaired) electrons. The van der Waals surface area contributed by atoms with Crippen molar-refractivity contribution in [2.24, 2.45) is 11.3 Å². The molecule has 0 aromatic heterocycles. The van der Waals surface area contributed by atoms with Gasteiger partial charge >= 0.3 is 0 Å². The van der Waals surface area contributed by atoms with Crippen LogP contribution < -0.4 is 10.6 Å². The van der Waals surface area contributed by atoms with Gasteiger partial charge in [-0.3, -0.25) is 0 Å². The molecule has 0 amide bonds. The molecule has 2 nitrogen and oxygen atoms in total. The van der Waals surface area contributed by atoms with Crippen LogP contribution in [-0.2, 0) is 0 Å². The zero-order valence-electron chi connectivity index (χ0n) is 10.3. The third kappa shape index (κ3) is 2.94. The minimum Gasteiger partial charge on any atom is -0.316 e. The van der Waals surface area contributed by atoms with Crippen LogP contribution in [0.3, 0.4) is 0 Å². The lowest BCUT2D eigenvalue weighted by Crippen LogP contribution is -2.53. The monoisotopic (exact) mass is 210 g/mol. The quantitative estimate of drug-likeness (QED) is 0.746. The highest BCUT2D eigenvalue weighted by molar-refractivity contribution is 4.90. The largest absolute Gasteiger partial charge is 0.316 e. The first-order chi connectivity index (χ1) is 7.18. The Morgan fingerprint density at radius 1 is 1.20 bits per heavy atom. The summed E-state index contributed by atoms with van der Waals surface area (Å²) >= 11 is 0. The highest BCUT2D eigenvalue weighted by Crippen LogP contribution is 2.27. The van der Waals surface area contributed by atoms with E-state index in [0.717, 1.165) is 18.5 Å². The Morgan fingerprint density at radius 2 is 1.93 bits per heavy atom. The van der Waals surface area contributed by atoms with Crippen molar-refractivity contribution in [2.75, 3.05) is 19.6 Å². The fourth-order valence-electron chi connectivity index (χ4n) is 3.07. The lowest BCUT2D eigenvalue weighted by Gasteiger charge is -2.40. The van der Waals surface area contributed by atoms with E-state index in [1.807, 2.05) is 0 Å². The summed E-state index contributed by atoms with van der Waals surface area (Å²) in [6, 6.07) is 0.722. The summed E-state index contributed by atoms with van der Waals surface area (Å²) in [4.78, 5) is 0. The van der Waals surface area contributed by atoms with Crippen LogP contribution >= 0.6 is 0 Å². The van der Waals surface area contributed by atoms with Crippen molar-refractivity contribution in [3.05, 3.63) is 0 Å². The lowest BCUT2D eigenvalue weighted by atomic mass is 9.80. The molecule has 2 N–H and O–H groups in total. The zero-order chi connectivity index (χ0) is 10.7. The van der Waals surface area contributed by atoms with Crippen LogP contribution in [0.25, 0.3) is 0 Å². The molecule has 15 heavy (non-hydrogen) atoms. The van der Waals surface area contributed by atoms with Crippen LogP contribution in [0.1, 0.15) is 46.0 Å². The molecule has 1 atom stereocenters. The van der Waals surface area contributed by atoms with Crippen molar-refractivity contribution in [1.82, 2.24) is 10.6 Å². The van der Waals surface area contributed by atoms with Gasteiger partial charge in [0, 0.05) is 12.6 Å². The first-order valence-electron chi connectivity index (χ1n) is 6.62. The van der Waals surface area contributed by atoms with E-state index in [1.54, 1.807) is 0 Å². The smallest absolute Gasteiger partial charge is 0.0142 e. The second-order valence-electron chi connectivity index (χ2n) is 6.07. The minimum atomic E-state index is 0.427. The second kappa shape index (κ2) is 4.84. The molecule has 88 valence electrons. The maximum atomic E-state index is 3.81. The first-order valence-corrected chi connectivity index (χ1v) is 6.62. The average Bonchev–Trinajstić information content (AvgIpc) is 2.68. The van der Waals surface area contributed by atoms with E-state index in [9.17, 15) is 0 Å². The molecule has 2 rings (SSSR count). The van der Waals surface area contributed by atoms with Gasteiger partial charge in [-0.05, 0) is 43.7 Å². The summed E-state index contributed by atoms with van der Waals surface area (Å²) < 4.78 is 0. The van der Waals surface area contributed by atoms with Gasteiger partial charge in [0.25, 0.3) is 0 Å².